The Morgan fingerprint density at radius 1 is 1.18 bits per heavy atom. The van der Waals surface area contributed by atoms with Crippen LogP contribution in [0.25, 0.3) is 10.8 Å². The number of halogens is 1. The van der Waals surface area contributed by atoms with E-state index in [1.807, 2.05) is 18.2 Å². The number of methoxy groups -OCH3 is 1. The minimum atomic E-state index is -0.236. The van der Waals surface area contributed by atoms with Crippen molar-refractivity contribution >= 4 is 16.7 Å². The van der Waals surface area contributed by atoms with Crippen molar-refractivity contribution in [3.63, 3.8) is 0 Å². The lowest BCUT2D eigenvalue weighted by molar-refractivity contribution is -0.140. The fraction of sp³-hybridized carbons (Fsp3) is 0.214. The molecule has 0 saturated carbocycles. The van der Waals surface area contributed by atoms with Crippen molar-refractivity contribution in [3.8, 4) is 0 Å². The Labute approximate surface area is 99.0 Å². The third-order valence-corrected chi connectivity index (χ3v) is 2.71. The lowest BCUT2D eigenvalue weighted by Crippen LogP contribution is -2.01. The summed E-state index contributed by atoms with van der Waals surface area (Å²) < 4.78 is 17.6. The zero-order valence-corrected chi connectivity index (χ0v) is 9.57. The van der Waals surface area contributed by atoms with Crippen molar-refractivity contribution < 1.29 is 13.9 Å². The zero-order chi connectivity index (χ0) is 12.3. The molecule has 0 heterocycles. The van der Waals surface area contributed by atoms with E-state index in [-0.39, 0.29) is 11.8 Å². The molecule has 0 bridgehead atoms. The molecular formula is C14H13FO2. The zero-order valence-electron chi connectivity index (χ0n) is 9.57. The molecule has 0 saturated heterocycles. The number of hydrogen-bond acceptors (Lipinski definition) is 2. The van der Waals surface area contributed by atoms with E-state index in [2.05, 4.69) is 4.74 Å². The van der Waals surface area contributed by atoms with Crippen molar-refractivity contribution in [3.05, 3.63) is 47.8 Å². The number of rotatable bonds is 3. The fourth-order valence-electron chi connectivity index (χ4n) is 1.77. The Bertz CT molecular complexity index is 549. The molecule has 0 N–H and O–H groups in total. The van der Waals surface area contributed by atoms with E-state index in [9.17, 15) is 9.18 Å². The van der Waals surface area contributed by atoms with Crippen LogP contribution in [0.3, 0.4) is 0 Å². The first-order chi connectivity index (χ1) is 8.19. The molecule has 2 aromatic rings. The van der Waals surface area contributed by atoms with Crippen LogP contribution >= 0.6 is 0 Å². The molecule has 17 heavy (non-hydrogen) atoms. The Balaban J connectivity index is 2.20. The molecule has 0 atom stereocenters. The Hall–Kier alpha value is -1.90. The molecule has 3 heteroatoms. The van der Waals surface area contributed by atoms with Gasteiger partial charge in [0, 0.05) is 6.42 Å². The smallest absolute Gasteiger partial charge is 0.305 e. The second-order valence-electron chi connectivity index (χ2n) is 3.90. The average Bonchev–Trinajstić information content (AvgIpc) is 2.35. The predicted molar refractivity (Wildman–Crippen MR) is 64.2 cm³/mol. The monoisotopic (exact) mass is 232 g/mol. The maximum absolute atomic E-state index is 13.0. The van der Waals surface area contributed by atoms with E-state index < -0.39 is 0 Å². The van der Waals surface area contributed by atoms with Gasteiger partial charge in [0.1, 0.15) is 5.82 Å². The molecule has 0 amide bonds. The molecule has 0 radical (unpaired) electrons. The van der Waals surface area contributed by atoms with Gasteiger partial charge >= 0.3 is 5.97 Å². The fourth-order valence-corrected chi connectivity index (χ4v) is 1.77. The van der Waals surface area contributed by atoms with Crippen molar-refractivity contribution in [1.82, 2.24) is 0 Å². The van der Waals surface area contributed by atoms with Gasteiger partial charge < -0.3 is 4.74 Å². The summed E-state index contributed by atoms with van der Waals surface area (Å²) in [4.78, 5) is 11.0. The van der Waals surface area contributed by atoms with E-state index >= 15 is 0 Å². The highest BCUT2D eigenvalue weighted by Gasteiger charge is 2.02. The molecule has 0 aliphatic heterocycles. The van der Waals surface area contributed by atoms with Gasteiger partial charge in [0.25, 0.3) is 0 Å². The molecule has 0 aliphatic carbocycles. The number of aryl methyl sites for hydroxylation is 1. The maximum atomic E-state index is 13.0. The van der Waals surface area contributed by atoms with Crippen LogP contribution in [0, 0.1) is 5.82 Å². The van der Waals surface area contributed by atoms with E-state index in [1.165, 1.54) is 19.2 Å². The lowest BCUT2D eigenvalue weighted by Gasteiger charge is -2.03. The van der Waals surface area contributed by atoms with Gasteiger partial charge in [-0.3, -0.25) is 4.79 Å². The first kappa shape index (κ1) is 11.6. The quantitative estimate of drug-likeness (QED) is 0.760. The van der Waals surface area contributed by atoms with E-state index in [4.69, 9.17) is 0 Å². The molecule has 2 rings (SSSR count). The molecular weight excluding hydrogens is 219 g/mol. The van der Waals surface area contributed by atoms with Gasteiger partial charge in [-0.05, 0) is 34.9 Å². The number of carbonyl (C=O) groups is 1. The third-order valence-electron chi connectivity index (χ3n) is 2.71. The first-order valence-corrected chi connectivity index (χ1v) is 5.44. The normalized spacial score (nSPS) is 10.5. The molecule has 0 spiro atoms. The summed E-state index contributed by atoms with van der Waals surface area (Å²) in [6, 6.07) is 10.4. The maximum Gasteiger partial charge on any atom is 0.305 e. The Kier molecular flexibility index (Phi) is 3.38. The summed E-state index contributed by atoms with van der Waals surface area (Å²) in [7, 11) is 1.38. The van der Waals surface area contributed by atoms with Gasteiger partial charge in [-0.15, -0.1) is 0 Å². The van der Waals surface area contributed by atoms with Crippen molar-refractivity contribution in [1.29, 1.82) is 0 Å². The number of hydrogen-bond donors (Lipinski definition) is 0. The van der Waals surface area contributed by atoms with E-state index in [1.54, 1.807) is 6.07 Å². The summed E-state index contributed by atoms with van der Waals surface area (Å²) in [5, 5.41) is 1.85. The van der Waals surface area contributed by atoms with Gasteiger partial charge in [-0.25, -0.2) is 4.39 Å². The van der Waals surface area contributed by atoms with Gasteiger partial charge in [-0.1, -0.05) is 24.3 Å². The number of esters is 1. The van der Waals surface area contributed by atoms with Crippen molar-refractivity contribution in [2.75, 3.05) is 7.11 Å². The van der Waals surface area contributed by atoms with Crippen LogP contribution in [0.4, 0.5) is 4.39 Å². The van der Waals surface area contributed by atoms with Crippen LogP contribution in [0.15, 0.2) is 36.4 Å². The highest BCUT2D eigenvalue weighted by molar-refractivity contribution is 5.83. The van der Waals surface area contributed by atoms with Crippen LogP contribution in [-0.2, 0) is 16.0 Å². The first-order valence-electron chi connectivity index (χ1n) is 5.44. The minimum absolute atomic E-state index is 0.218. The van der Waals surface area contributed by atoms with Crippen molar-refractivity contribution in [2.24, 2.45) is 0 Å². The second kappa shape index (κ2) is 4.95. The van der Waals surface area contributed by atoms with Crippen LogP contribution in [-0.4, -0.2) is 13.1 Å². The number of benzene rings is 2. The molecule has 0 aromatic heterocycles. The van der Waals surface area contributed by atoms with Crippen LogP contribution in [0.2, 0.25) is 0 Å². The van der Waals surface area contributed by atoms with Gasteiger partial charge in [0.05, 0.1) is 7.11 Å². The van der Waals surface area contributed by atoms with Crippen LogP contribution in [0.5, 0.6) is 0 Å². The number of fused-ring (bicyclic) bond motifs is 1. The molecule has 0 unspecified atom stereocenters. The highest BCUT2D eigenvalue weighted by Crippen LogP contribution is 2.18. The molecule has 2 nitrogen and oxygen atoms in total. The van der Waals surface area contributed by atoms with Gasteiger partial charge in [0.15, 0.2) is 0 Å². The number of carbonyl (C=O) groups excluding carboxylic acids is 1. The predicted octanol–water partition coefficient (Wildman–Crippen LogP) is 3.08. The molecule has 88 valence electrons. The average molecular weight is 232 g/mol. The summed E-state index contributed by atoms with van der Waals surface area (Å²) in [6.45, 7) is 0. The summed E-state index contributed by atoms with van der Waals surface area (Å²) in [5.41, 5.74) is 1.05. The highest BCUT2D eigenvalue weighted by atomic mass is 19.1. The Morgan fingerprint density at radius 2 is 1.88 bits per heavy atom. The molecule has 2 aromatic carbocycles. The topological polar surface area (TPSA) is 26.3 Å². The lowest BCUT2D eigenvalue weighted by atomic mass is 10.0. The second-order valence-corrected chi connectivity index (χ2v) is 3.90. The third kappa shape index (κ3) is 2.81. The van der Waals surface area contributed by atoms with Gasteiger partial charge in [-0.2, -0.15) is 0 Å². The van der Waals surface area contributed by atoms with Crippen LogP contribution < -0.4 is 0 Å². The largest absolute Gasteiger partial charge is 0.469 e. The van der Waals surface area contributed by atoms with E-state index in [0.717, 1.165) is 16.3 Å². The van der Waals surface area contributed by atoms with E-state index in [0.29, 0.717) is 12.8 Å². The SMILES string of the molecule is COC(=O)CCc1ccc2cc(F)ccc2c1. The summed E-state index contributed by atoms with van der Waals surface area (Å²) in [5.74, 6) is -0.455. The molecule has 0 aliphatic rings. The van der Waals surface area contributed by atoms with Crippen LogP contribution in [0.1, 0.15) is 12.0 Å². The number of ether oxygens (including phenoxy) is 1. The minimum Gasteiger partial charge on any atom is -0.469 e. The van der Waals surface area contributed by atoms with Gasteiger partial charge in [0.2, 0.25) is 0 Å². The summed E-state index contributed by atoms with van der Waals surface area (Å²) >= 11 is 0. The standard InChI is InChI=1S/C14H13FO2/c1-17-14(16)7-3-10-2-4-12-9-13(15)6-5-11(12)8-10/h2,4-6,8-9H,3,7H2,1H3. The van der Waals surface area contributed by atoms with Crippen molar-refractivity contribution in [2.45, 2.75) is 12.8 Å². The Morgan fingerprint density at radius 3 is 2.65 bits per heavy atom. The summed E-state index contributed by atoms with van der Waals surface area (Å²) in [6.07, 6.45) is 1.00. The molecule has 0 fully saturated rings.